The predicted molar refractivity (Wildman–Crippen MR) is 90.7 cm³/mol. The number of hydrogen-bond donors (Lipinski definition) is 0. The summed E-state index contributed by atoms with van der Waals surface area (Å²) in [5.41, 5.74) is 1.67. The minimum Gasteiger partial charge on any atom is -0.493 e. The molecule has 0 fully saturated rings. The van der Waals surface area contributed by atoms with Crippen LogP contribution >= 0.6 is 0 Å². The van der Waals surface area contributed by atoms with Gasteiger partial charge in [0.1, 0.15) is 5.75 Å². The molecule has 1 amide bonds. The highest BCUT2D eigenvalue weighted by molar-refractivity contribution is 5.96. The van der Waals surface area contributed by atoms with E-state index in [9.17, 15) is 4.79 Å². The van der Waals surface area contributed by atoms with Crippen molar-refractivity contribution in [2.24, 2.45) is 0 Å². The lowest BCUT2D eigenvalue weighted by molar-refractivity contribution is 0.0676. The molecule has 0 N–H and O–H groups in total. The normalized spacial score (nSPS) is 10.3. The van der Waals surface area contributed by atoms with Crippen molar-refractivity contribution in [3.8, 4) is 5.75 Å². The van der Waals surface area contributed by atoms with Crippen molar-refractivity contribution >= 4 is 5.91 Å². The molecule has 2 rings (SSSR count). The molecule has 2 aromatic rings. The molecular weight excluding hydrogens is 290 g/mol. The molecule has 0 aliphatic rings. The quantitative estimate of drug-likeness (QED) is 0.750. The van der Waals surface area contributed by atoms with Crippen molar-refractivity contribution in [3.05, 3.63) is 65.7 Å². The SMILES string of the molecule is CCOc1ccccc1C(=O)N(CCOC)Cc1ccccc1. The molecule has 0 aromatic heterocycles. The van der Waals surface area contributed by atoms with Crippen LogP contribution in [-0.2, 0) is 11.3 Å². The summed E-state index contributed by atoms with van der Waals surface area (Å²) in [6.45, 7) is 4.01. The monoisotopic (exact) mass is 313 g/mol. The zero-order valence-electron chi connectivity index (χ0n) is 13.7. The van der Waals surface area contributed by atoms with Gasteiger partial charge < -0.3 is 14.4 Å². The van der Waals surface area contributed by atoms with Gasteiger partial charge in [-0.3, -0.25) is 4.79 Å². The van der Waals surface area contributed by atoms with E-state index in [0.717, 1.165) is 5.56 Å². The van der Waals surface area contributed by atoms with Crippen LogP contribution in [0.25, 0.3) is 0 Å². The predicted octanol–water partition coefficient (Wildman–Crippen LogP) is 3.37. The van der Waals surface area contributed by atoms with Crippen LogP contribution in [0.15, 0.2) is 54.6 Å². The van der Waals surface area contributed by atoms with Gasteiger partial charge >= 0.3 is 0 Å². The zero-order chi connectivity index (χ0) is 16.5. The standard InChI is InChI=1S/C19H23NO3/c1-3-23-18-12-8-7-11-17(18)19(21)20(13-14-22-2)15-16-9-5-4-6-10-16/h4-12H,3,13-15H2,1-2H3. The molecule has 0 bridgehead atoms. The highest BCUT2D eigenvalue weighted by atomic mass is 16.5. The van der Waals surface area contributed by atoms with E-state index in [1.807, 2.05) is 55.5 Å². The van der Waals surface area contributed by atoms with Crippen LogP contribution in [-0.4, -0.2) is 37.7 Å². The first-order valence-corrected chi connectivity index (χ1v) is 7.80. The average Bonchev–Trinajstić information content (AvgIpc) is 2.60. The Kier molecular flexibility index (Phi) is 6.63. The van der Waals surface area contributed by atoms with Gasteiger partial charge in [-0.05, 0) is 24.6 Å². The first kappa shape index (κ1) is 17.0. The van der Waals surface area contributed by atoms with Crippen LogP contribution in [0.2, 0.25) is 0 Å². The minimum absolute atomic E-state index is 0.0463. The summed E-state index contributed by atoms with van der Waals surface area (Å²) in [7, 11) is 1.64. The molecule has 0 radical (unpaired) electrons. The number of carbonyl (C=O) groups excluding carboxylic acids is 1. The number of hydrogen-bond acceptors (Lipinski definition) is 3. The largest absolute Gasteiger partial charge is 0.493 e. The smallest absolute Gasteiger partial charge is 0.257 e. The molecule has 0 aliphatic heterocycles. The Labute approximate surface area is 137 Å². The molecule has 0 heterocycles. The van der Waals surface area contributed by atoms with E-state index in [1.54, 1.807) is 18.1 Å². The molecular formula is C19H23NO3. The summed E-state index contributed by atoms with van der Waals surface area (Å²) in [5, 5.41) is 0. The first-order valence-electron chi connectivity index (χ1n) is 7.80. The zero-order valence-corrected chi connectivity index (χ0v) is 13.7. The number of rotatable bonds is 8. The van der Waals surface area contributed by atoms with Crippen LogP contribution < -0.4 is 4.74 Å². The van der Waals surface area contributed by atoms with Crippen LogP contribution in [0.1, 0.15) is 22.8 Å². The lowest BCUT2D eigenvalue weighted by Gasteiger charge is -2.23. The topological polar surface area (TPSA) is 38.8 Å². The number of carbonyl (C=O) groups is 1. The molecule has 0 saturated heterocycles. The summed E-state index contributed by atoms with van der Waals surface area (Å²) < 4.78 is 10.7. The van der Waals surface area contributed by atoms with Gasteiger partial charge in [-0.15, -0.1) is 0 Å². The number of ether oxygens (including phenoxy) is 2. The molecule has 4 nitrogen and oxygen atoms in total. The van der Waals surface area contributed by atoms with Gasteiger partial charge in [0.05, 0.1) is 18.8 Å². The number of benzene rings is 2. The average molecular weight is 313 g/mol. The Bertz CT molecular complexity index is 613. The van der Waals surface area contributed by atoms with Crippen molar-refractivity contribution < 1.29 is 14.3 Å². The van der Waals surface area contributed by atoms with Gasteiger partial charge in [0.2, 0.25) is 0 Å². The molecule has 0 atom stereocenters. The number of amides is 1. The maximum Gasteiger partial charge on any atom is 0.257 e. The van der Waals surface area contributed by atoms with E-state index in [2.05, 4.69) is 0 Å². The van der Waals surface area contributed by atoms with Crippen molar-refractivity contribution in [1.82, 2.24) is 4.90 Å². The lowest BCUT2D eigenvalue weighted by atomic mass is 10.1. The highest BCUT2D eigenvalue weighted by Crippen LogP contribution is 2.21. The van der Waals surface area contributed by atoms with Crippen LogP contribution in [0.5, 0.6) is 5.75 Å². The summed E-state index contributed by atoms with van der Waals surface area (Å²) in [6.07, 6.45) is 0. The Hall–Kier alpha value is -2.33. The maximum absolute atomic E-state index is 12.9. The van der Waals surface area contributed by atoms with E-state index < -0.39 is 0 Å². The summed E-state index contributed by atoms with van der Waals surface area (Å²) >= 11 is 0. The summed E-state index contributed by atoms with van der Waals surface area (Å²) in [4.78, 5) is 14.7. The first-order chi connectivity index (χ1) is 11.3. The molecule has 4 heteroatoms. The minimum atomic E-state index is -0.0463. The second-order valence-corrected chi connectivity index (χ2v) is 5.13. The van der Waals surface area contributed by atoms with E-state index in [0.29, 0.717) is 37.6 Å². The fourth-order valence-electron chi connectivity index (χ4n) is 2.35. The van der Waals surface area contributed by atoms with Crippen LogP contribution in [0, 0.1) is 0 Å². The highest BCUT2D eigenvalue weighted by Gasteiger charge is 2.19. The van der Waals surface area contributed by atoms with Gasteiger partial charge in [0.15, 0.2) is 0 Å². The van der Waals surface area contributed by atoms with E-state index in [4.69, 9.17) is 9.47 Å². The number of nitrogens with zero attached hydrogens (tertiary/aromatic N) is 1. The van der Waals surface area contributed by atoms with Gasteiger partial charge in [-0.2, -0.15) is 0 Å². The molecule has 23 heavy (non-hydrogen) atoms. The maximum atomic E-state index is 12.9. The fourth-order valence-corrected chi connectivity index (χ4v) is 2.35. The van der Waals surface area contributed by atoms with Gasteiger partial charge in [0.25, 0.3) is 5.91 Å². The third-order valence-electron chi connectivity index (χ3n) is 3.49. The molecule has 0 aliphatic carbocycles. The second-order valence-electron chi connectivity index (χ2n) is 5.13. The molecule has 2 aromatic carbocycles. The van der Waals surface area contributed by atoms with Crippen molar-refractivity contribution in [1.29, 1.82) is 0 Å². The summed E-state index contributed by atoms with van der Waals surface area (Å²) in [5.74, 6) is 0.574. The number of para-hydroxylation sites is 1. The van der Waals surface area contributed by atoms with Crippen LogP contribution in [0.4, 0.5) is 0 Å². The Morgan fingerprint density at radius 1 is 1.04 bits per heavy atom. The van der Waals surface area contributed by atoms with Crippen molar-refractivity contribution in [2.45, 2.75) is 13.5 Å². The van der Waals surface area contributed by atoms with Gasteiger partial charge in [-0.1, -0.05) is 42.5 Å². The third kappa shape index (κ3) is 4.83. The molecule has 0 spiro atoms. The fraction of sp³-hybridized carbons (Fsp3) is 0.316. The van der Waals surface area contributed by atoms with Gasteiger partial charge in [-0.25, -0.2) is 0 Å². The second kappa shape index (κ2) is 8.96. The Morgan fingerprint density at radius 2 is 1.74 bits per heavy atom. The molecule has 122 valence electrons. The Morgan fingerprint density at radius 3 is 2.43 bits per heavy atom. The molecule has 0 unspecified atom stereocenters. The van der Waals surface area contributed by atoms with Gasteiger partial charge in [0, 0.05) is 20.2 Å². The lowest BCUT2D eigenvalue weighted by Crippen LogP contribution is -2.33. The van der Waals surface area contributed by atoms with E-state index >= 15 is 0 Å². The Balaban J connectivity index is 2.22. The third-order valence-corrected chi connectivity index (χ3v) is 3.49. The van der Waals surface area contributed by atoms with Crippen molar-refractivity contribution in [3.63, 3.8) is 0 Å². The van der Waals surface area contributed by atoms with Crippen molar-refractivity contribution in [2.75, 3.05) is 26.9 Å². The summed E-state index contributed by atoms with van der Waals surface area (Å²) in [6, 6.07) is 17.3. The van der Waals surface area contributed by atoms with E-state index in [1.165, 1.54) is 0 Å². The van der Waals surface area contributed by atoms with Crippen LogP contribution in [0.3, 0.4) is 0 Å². The molecule has 0 saturated carbocycles. The van der Waals surface area contributed by atoms with E-state index in [-0.39, 0.29) is 5.91 Å². The number of methoxy groups -OCH3 is 1.